The summed E-state index contributed by atoms with van der Waals surface area (Å²) in [6, 6.07) is 73.1. The first-order chi connectivity index (χ1) is 29.9. The molecule has 3 N–H and O–H groups in total. The fraction of sp³-hybridized carbons (Fsp3) is 0.0526. The van der Waals surface area contributed by atoms with Crippen molar-refractivity contribution in [1.82, 2.24) is 0 Å². The van der Waals surface area contributed by atoms with Gasteiger partial charge in [0.1, 0.15) is 16.8 Å². The Labute approximate surface area is 354 Å². The number of aliphatic hydroxyl groups is 3. The molecular formula is C57H39NO3. The number of fused-ring (bicyclic) bond motifs is 9. The fourth-order valence-electron chi connectivity index (χ4n) is 10.6. The summed E-state index contributed by atoms with van der Waals surface area (Å²) in [5.41, 5.74) is 12.5. The standard InChI is InChI=1S/C57H39NO3/c59-55(49-19-7-1-13-43(49)44-14-2-8-20-50(44)55)37-25-31-40(32-26-37)58(41-33-27-38(28-34-41)56(60)51-21-9-3-15-45(51)46-16-4-10-22-52(46)56)42-35-29-39(30-36-42)57(61)53-23-11-5-17-47(53)48-18-6-12-24-54(48)57/h1-36,59-61H. The highest BCUT2D eigenvalue weighted by atomic mass is 16.3. The van der Waals surface area contributed by atoms with Crippen LogP contribution >= 0.6 is 0 Å². The molecule has 4 nitrogen and oxygen atoms in total. The van der Waals surface area contributed by atoms with Gasteiger partial charge in [-0.15, -0.1) is 0 Å². The van der Waals surface area contributed by atoms with Gasteiger partial charge in [-0.1, -0.05) is 182 Å². The second-order valence-corrected chi connectivity index (χ2v) is 16.4. The number of hydrogen-bond acceptors (Lipinski definition) is 4. The molecule has 0 heterocycles. The zero-order valence-corrected chi connectivity index (χ0v) is 33.1. The Balaban J connectivity index is 0.978. The molecule has 3 aliphatic carbocycles. The minimum absolute atomic E-state index is 0.779. The normalized spacial score (nSPS) is 15.2. The topological polar surface area (TPSA) is 63.9 Å². The highest BCUT2D eigenvalue weighted by Gasteiger charge is 2.45. The van der Waals surface area contributed by atoms with Crippen molar-refractivity contribution in [3.63, 3.8) is 0 Å². The molecule has 4 heteroatoms. The summed E-state index contributed by atoms with van der Waals surface area (Å²) in [6.07, 6.45) is 0. The molecule has 0 radical (unpaired) electrons. The number of hydrogen-bond donors (Lipinski definition) is 3. The van der Waals surface area contributed by atoms with Crippen LogP contribution in [0.25, 0.3) is 33.4 Å². The van der Waals surface area contributed by atoms with E-state index < -0.39 is 16.8 Å². The van der Waals surface area contributed by atoms with E-state index in [1.807, 2.05) is 146 Å². The van der Waals surface area contributed by atoms with Crippen LogP contribution < -0.4 is 4.90 Å². The molecule has 0 unspecified atom stereocenters. The molecule has 290 valence electrons. The van der Waals surface area contributed by atoms with E-state index in [1.165, 1.54) is 0 Å². The SMILES string of the molecule is OC1(c2ccc(N(c3ccc(C4(O)c5ccccc5-c5ccccc54)cc3)c3ccc(C4(O)c5ccccc5-c5ccccc54)cc3)cc2)c2ccccc2-c2ccccc21. The van der Waals surface area contributed by atoms with Crippen LogP contribution in [-0.4, -0.2) is 15.3 Å². The largest absolute Gasteiger partial charge is 0.376 e. The van der Waals surface area contributed by atoms with Crippen molar-refractivity contribution in [2.45, 2.75) is 16.8 Å². The van der Waals surface area contributed by atoms with E-state index in [-0.39, 0.29) is 0 Å². The van der Waals surface area contributed by atoms with E-state index in [9.17, 15) is 15.3 Å². The van der Waals surface area contributed by atoms with E-state index in [0.717, 1.165) is 101 Å². The maximum Gasteiger partial charge on any atom is 0.141 e. The minimum Gasteiger partial charge on any atom is -0.376 e. The molecule has 0 amide bonds. The molecule has 0 bridgehead atoms. The number of nitrogens with zero attached hydrogens (tertiary/aromatic N) is 1. The summed E-state index contributed by atoms with van der Waals surface area (Å²) < 4.78 is 0. The third kappa shape index (κ3) is 4.87. The van der Waals surface area contributed by atoms with E-state index in [0.29, 0.717) is 0 Å². The van der Waals surface area contributed by atoms with Gasteiger partial charge in [0.05, 0.1) is 0 Å². The third-order valence-corrected chi connectivity index (χ3v) is 13.4. The zero-order chi connectivity index (χ0) is 40.9. The zero-order valence-electron chi connectivity index (χ0n) is 33.1. The summed E-state index contributed by atoms with van der Waals surface area (Å²) in [4.78, 5) is 2.18. The van der Waals surface area contributed by atoms with Gasteiger partial charge in [-0.05, 0) is 86.5 Å². The van der Waals surface area contributed by atoms with Gasteiger partial charge in [-0.25, -0.2) is 0 Å². The smallest absolute Gasteiger partial charge is 0.141 e. The minimum atomic E-state index is -1.31. The molecule has 9 aromatic carbocycles. The predicted molar refractivity (Wildman–Crippen MR) is 243 cm³/mol. The number of rotatable bonds is 6. The Bertz CT molecular complexity index is 2710. The summed E-state index contributed by atoms with van der Waals surface area (Å²) >= 11 is 0. The van der Waals surface area contributed by atoms with Crippen molar-refractivity contribution in [3.8, 4) is 33.4 Å². The molecule has 3 aliphatic rings. The van der Waals surface area contributed by atoms with Gasteiger partial charge in [-0.3, -0.25) is 0 Å². The average molecular weight is 786 g/mol. The van der Waals surface area contributed by atoms with Crippen LogP contribution in [0.1, 0.15) is 50.1 Å². The second-order valence-electron chi connectivity index (χ2n) is 16.4. The third-order valence-electron chi connectivity index (χ3n) is 13.4. The number of benzene rings is 9. The molecular weight excluding hydrogens is 747 g/mol. The van der Waals surface area contributed by atoms with Crippen molar-refractivity contribution in [2.75, 3.05) is 4.90 Å². The molecule has 0 saturated heterocycles. The lowest BCUT2D eigenvalue weighted by Crippen LogP contribution is -2.26. The van der Waals surface area contributed by atoms with Crippen LogP contribution in [0.15, 0.2) is 218 Å². The van der Waals surface area contributed by atoms with Gasteiger partial charge in [0.25, 0.3) is 0 Å². The van der Waals surface area contributed by atoms with Crippen LogP contribution in [0.5, 0.6) is 0 Å². The quantitative estimate of drug-likeness (QED) is 0.157. The summed E-state index contributed by atoms with van der Waals surface area (Å²) in [6.45, 7) is 0. The first-order valence-corrected chi connectivity index (χ1v) is 20.8. The Morgan fingerprint density at radius 3 is 0.607 bits per heavy atom. The lowest BCUT2D eigenvalue weighted by atomic mass is 9.83. The Hall–Kier alpha value is -7.34. The van der Waals surface area contributed by atoms with Crippen molar-refractivity contribution >= 4 is 17.1 Å². The Kier molecular flexibility index (Phi) is 7.63. The highest BCUT2D eigenvalue weighted by Crippen LogP contribution is 2.54. The second kappa shape index (κ2) is 13.1. The summed E-state index contributed by atoms with van der Waals surface area (Å²) in [7, 11) is 0. The highest BCUT2D eigenvalue weighted by molar-refractivity contribution is 5.86. The molecule has 0 aliphatic heterocycles. The maximum absolute atomic E-state index is 12.7. The molecule has 0 aromatic heterocycles. The molecule has 9 aromatic rings. The first-order valence-electron chi connectivity index (χ1n) is 20.8. The van der Waals surface area contributed by atoms with E-state index in [1.54, 1.807) is 0 Å². The molecule has 0 spiro atoms. The maximum atomic E-state index is 12.7. The first kappa shape index (κ1) is 35.6. The van der Waals surface area contributed by atoms with Crippen molar-refractivity contribution in [3.05, 3.63) is 268 Å². The molecule has 0 saturated carbocycles. The molecule has 61 heavy (non-hydrogen) atoms. The van der Waals surface area contributed by atoms with E-state index in [4.69, 9.17) is 0 Å². The van der Waals surface area contributed by atoms with E-state index >= 15 is 0 Å². The van der Waals surface area contributed by atoms with Gasteiger partial charge < -0.3 is 20.2 Å². The van der Waals surface area contributed by atoms with E-state index in [2.05, 4.69) is 77.7 Å². The Morgan fingerprint density at radius 1 is 0.230 bits per heavy atom. The van der Waals surface area contributed by atoms with Gasteiger partial charge in [-0.2, -0.15) is 0 Å². The van der Waals surface area contributed by atoms with Crippen molar-refractivity contribution in [1.29, 1.82) is 0 Å². The summed E-state index contributed by atoms with van der Waals surface area (Å²) in [5.74, 6) is 0. The molecule has 0 atom stereocenters. The summed E-state index contributed by atoms with van der Waals surface area (Å²) in [5, 5.41) is 38.0. The Morgan fingerprint density at radius 2 is 0.410 bits per heavy atom. The van der Waals surface area contributed by atoms with Crippen LogP contribution in [0.4, 0.5) is 17.1 Å². The lowest BCUT2D eigenvalue weighted by Gasteiger charge is -2.31. The van der Waals surface area contributed by atoms with Crippen LogP contribution in [0.2, 0.25) is 0 Å². The monoisotopic (exact) mass is 785 g/mol. The van der Waals surface area contributed by atoms with Gasteiger partial charge in [0.2, 0.25) is 0 Å². The van der Waals surface area contributed by atoms with Gasteiger partial charge in [0, 0.05) is 50.4 Å². The average Bonchev–Trinajstić information content (AvgIpc) is 3.87. The van der Waals surface area contributed by atoms with Crippen molar-refractivity contribution in [2.24, 2.45) is 0 Å². The van der Waals surface area contributed by atoms with Gasteiger partial charge in [0.15, 0.2) is 0 Å². The van der Waals surface area contributed by atoms with Crippen molar-refractivity contribution < 1.29 is 15.3 Å². The van der Waals surface area contributed by atoms with Crippen LogP contribution in [0, 0.1) is 0 Å². The van der Waals surface area contributed by atoms with Gasteiger partial charge >= 0.3 is 0 Å². The van der Waals surface area contributed by atoms with Crippen LogP contribution in [0.3, 0.4) is 0 Å². The lowest BCUT2D eigenvalue weighted by molar-refractivity contribution is 0.130. The van der Waals surface area contributed by atoms with Crippen LogP contribution in [-0.2, 0) is 16.8 Å². The number of anilines is 3. The fourth-order valence-corrected chi connectivity index (χ4v) is 10.6. The predicted octanol–water partition coefficient (Wildman–Crippen LogP) is 12.0. The molecule has 0 fully saturated rings. The molecule has 12 rings (SSSR count).